The van der Waals surface area contributed by atoms with Gasteiger partial charge in [0.05, 0.1) is 37.6 Å². The molecule has 1 aliphatic rings. The molecule has 9 nitrogen and oxygen atoms in total. The summed E-state index contributed by atoms with van der Waals surface area (Å²) < 4.78 is 15.8. The van der Waals surface area contributed by atoms with Crippen molar-refractivity contribution in [2.45, 2.75) is 0 Å². The molecule has 1 heterocycles. The number of nitrogens with zero attached hydrogens (tertiary/aromatic N) is 2. The fourth-order valence-electron chi connectivity index (χ4n) is 2.63. The topological polar surface area (TPSA) is 112 Å². The van der Waals surface area contributed by atoms with Gasteiger partial charge in [0.2, 0.25) is 5.75 Å². The molecule has 0 bridgehead atoms. The molecule has 1 aliphatic heterocycles. The number of carbonyl (C=O) groups excluding carboxylic acids is 1. The van der Waals surface area contributed by atoms with E-state index in [1.54, 1.807) is 12.1 Å². The van der Waals surface area contributed by atoms with Gasteiger partial charge in [-0.1, -0.05) is 0 Å². The molecular weight excluding hydrogens is 342 g/mol. The van der Waals surface area contributed by atoms with Crippen LogP contribution < -0.4 is 19.5 Å². The molecule has 2 aromatic carbocycles. The Morgan fingerprint density at radius 3 is 2.23 bits per heavy atom. The Balaban J connectivity index is 2.13. The van der Waals surface area contributed by atoms with Crippen LogP contribution in [0.5, 0.6) is 17.2 Å². The predicted octanol–water partition coefficient (Wildman–Crippen LogP) is 2.69. The third kappa shape index (κ3) is 2.90. The lowest BCUT2D eigenvalue weighted by molar-refractivity contribution is -0.384. The maximum absolute atomic E-state index is 12.2. The highest BCUT2D eigenvalue weighted by molar-refractivity contribution is 6.54. The van der Waals surface area contributed by atoms with E-state index in [9.17, 15) is 14.9 Å². The van der Waals surface area contributed by atoms with Crippen LogP contribution in [-0.2, 0) is 4.79 Å². The molecule has 3 rings (SSSR count). The highest BCUT2D eigenvalue weighted by Gasteiger charge is 2.28. The Kier molecular flexibility index (Phi) is 4.44. The summed E-state index contributed by atoms with van der Waals surface area (Å²) in [4.78, 5) is 27.1. The highest BCUT2D eigenvalue weighted by atomic mass is 16.6. The Hall–Kier alpha value is -3.62. The molecule has 0 unspecified atom stereocenters. The Labute approximate surface area is 148 Å². The fourth-order valence-corrected chi connectivity index (χ4v) is 2.63. The summed E-state index contributed by atoms with van der Waals surface area (Å²) in [5.41, 5.74) is 1.14. The molecule has 9 heteroatoms. The number of non-ortho nitro benzene ring substituents is 1. The van der Waals surface area contributed by atoms with E-state index in [0.29, 0.717) is 34.2 Å². The number of fused-ring (bicyclic) bond motifs is 1. The van der Waals surface area contributed by atoms with Crippen molar-refractivity contribution >= 4 is 28.7 Å². The minimum absolute atomic E-state index is 0.0676. The van der Waals surface area contributed by atoms with Gasteiger partial charge in [0.15, 0.2) is 11.5 Å². The standard InChI is InChI=1S/C17H15N3O6/c1-24-13-6-9(7-14(25-2)16(13)26-3)18-15-11-8-10(20(22)23)4-5-12(11)19-17(15)21/h4-8H,1-3H3,(H,18,19,21). The minimum Gasteiger partial charge on any atom is -0.493 e. The molecule has 0 spiro atoms. The Morgan fingerprint density at radius 2 is 1.69 bits per heavy atom. The van der Waals surface area contributed by atoms with Gasteiger partial charge < -0.3 is 19.5 Å². The van der Waals surface area contributed by atoms with Crippen LogP contribution in [0.4, 0.5) is 17.1 Å². The molecule has 0 radical (unpaired) electrons. The molecule has 0 atom stereocenters. The number of hydrogen-bond acceptors (Lipinski definition) is 7. The Bertz CT molecular complexity index is 913. The Morgan fingerprint density at radius 1 is 1.04 bits per heavy atom. The largest absolute Gasteiger partial charge is 0.493 e. The summed E-state index contributed by atoms with van der Waals surface area (Å²) in [6, 6.07) is 7.27. The van der Waals surface area contributed by atoms with Crippen molar-refractivity contribution < 1.29 is 23.9 Å². The first-order chi connectivity index (χ1) is 12.5. The fraction of sp³-hybridized carbons (Fsp3) is 0.176. The number of hydrogen-bond donors (Lipinski definition) is 1. The van der Waals surface area contributed by atoms with Gasteiger partial charge in [0, 0.05) is 29.8 Å². The number of methoxy groups -OCH3 is 3. The van der Waals surface area contributed by atoms with Crippen molar-refractivity contribution in [3.8, 4) is 17.2 Å². The van der Waals surface area contributed by atoms with Gasteiger partial charge in [0.25, 0.3) is 11.6 Å². The van der Waals surface area contributed by atoms with E-state index in [0.717, 1.165) is 0 Å². The number of nitro groups is 1. The molecule has 1 amide bonds. The summed E-state index contributed by atoms with van der Waals surface area (Å²) in [6.45, 7) is 0. The number of benzene rings is 2. The zero-order valence-corrected chi connectivity index (χ0v) is 14.2. The first kappa shape index (κ1) is 17.2. The number of nitrogens with one attached hydrogen (secondary N) is 1. The lowest BCUT2D eigenvalue weighted by Crippen LogP contribution is -2.14. The summed E-state index contributed by atoms with van der Waals surface area (Å²) >= 11 is 0. The van der Waals surface area contributed by atoms with Gasteiger partial charge in [0.1, 0.15) is 5.71 Å². The molecule has 26 heavy (non-hydrogen) atoms. The SMILES string of the molecule is COc1cc(N=C2C(=O)Nc3ccc([N+](=O)[O-])cc32)cc(OC)c1OC. The number of aliphatic imine (C=N–C) groups is 1. The van der Waals surface area contributed by atoms with Crippen LogP contribution in [0.1, 0.15) is 5.56 Å². The molecule has 2 aromatic rings. The maximum atomic E-state index is 12.2. The van der Waals surface area contributed by atoms with Gasteiger partial charge in [-0.25, -0.2) is 4.99 Å². The smallest absolute Gasteiger partial charge is 0.275 e. The van der Waals surface area contributed by atoms with Crippen LogP contribution >= 0.6 is 0 Å². The summed E-state index contributed by atoms with van der Waals surface area (Å²) in [5, 5.41) is 13.6. The second-order valence-electron chi connectivity index (χ2n) is 5.29. The molecule has 0 saturated heterocycles. The van der Waals surface area contributed by atoms with Crippen molar-refractivity contribution in [2.24, 2.45) is 4.99 Å². The average Bonchev–Trinajstić information content (AvgIpc) is 2.95. The molecule has 0 fully saturated rings. The van der Waals surface area contributed by atoms with Gasteiger partial charge in [-0.2, -0.15) is 0 Å². The van der Waals surface area contributed by atoms with Crippen LogP contribution in [0.2, 0.25) is 0 Å². The molecule has 0 saturated carbocycles. The number of amides is 1. The summed E-state index contributed by atoms with van der Waals surface area (Å²) in [7, 11) is 4.41. The summed E-state index contributed by atoms with van der Waals surface area (Å²) in [6.07, 6.45) is 0. The van der Waals surface area contributed by atoms with Crippen LogP contribution in [0.15, 0.2) is 35.3 Å². The van der Waals surface area contributed by atoms with Crippen molar-refractivity contribution in [2.75, 3.05) is 26.6 Å². The van der Waals surface area contributed by atoms with Crippen LogP contribution in [0, 0.1) is 10.1 Å². The molecular formula is C17H15N3O6. The number of ether oxygens (including phenoxy) is 3. The quantitative estimate of drug-likeness (QED) is 0.650. The van der Waals surface area contributed by atoms with Crippen molar-refractivity contribution in [3.63, 3.8) is 0 Å². The van der Waals surface area contributed by atoms with E-state index < -0.39 is 10.8 Å². The maximum Gasteiger partial charge on any atom is 0.275 e. The zero-order chi connectivity index (χ0) is 18.8. The first-order valence-corrected chi connectivity index (χ1v) is 7.47. The van der Waals surface area contributed by atoms with Gasteiger partial charge in [-0.3, -0.25) is 14.9 Å². The highest BCUT2D eigenvalue weighted by Crippen LogP contribution is 2.41. The van der Waals surface area contributed by atoms with Crippen LogP contribution in [0.3, 0.4) is 0 Å². The van der Waals surface area contributed by atoms with Gasteiger partial charge >= 0.3 is 0 Å². The summed E-state index contributed by atoms with van der Waals surface area (Å²) in [5.74, 6) is 0.702. The monoisotopic (exact) mass is 357 g/mol. The van der Waals surface area contributed by atoms with E-state index in [4.69, 9.17) is 14.2 Å². The van der Waals surface area contributed by atoms with Crippen LogP contribution in [0.25, 0.3) is 0 Å². The zero-order valence-electron chi connectivity index (χ0n) is 14.2. The van der Waals surface area contributed by atoms with E-state index in [-0.39, 0.29) is 11.4 Å². The number of rotatable bonds is 5. The number of anilines is 1. The predicted molar refractivity (Wildman–Crippen MR) is 94.0 cm³/mol. The van der Waals surface area contributed by atoms with Crippen LogP contribution in [-0.4, -0.2) is 37.9 Å². The normalized spacial score (nSPS) is 14.0. The minimum atomic E-state index is -0.528. The molecule has 134 valence electrons. The van der Waals surface area contributed by atoms with E-state index >= 15 is 0 Å². The van der Waals surface area contributed by atoms with Crippen molar-refractivity contribution in [3.05, 3.63) is 46.0 Å². The van der Waals surface area contributed by atoms with Crippen molar-refractivity contribution in [1.82, 2.24) is 0 Å². The second kappa shape index (κ2) is 6.71. The lowest BCUT2D eigenvalue weighted by atomic mass is 10.1. The van der Waals surface area contributed by atoms with Gasteiger partial charge in [-0.05, 0) is 6.07 Å². The second-order valence-corrected chi connectivity index (χ2v) is 5.29. The molecule has 0 aromatic heterocycles. The molecule has 0 aliphatic carbocycles. The van der Waals surface area contributed by atoms with E-state index in [1.165, 1.54) is 39.5 Å². The average molecular weight is 357 g/mol. The number of carbonyl (C=O) groups is 1. The van der Waals surface area contributed by atoms with E-state index in [1.807, 2.05) is 0 Å². The van der Waals surface area contributed by atoms with E-state index in [2.05, 4.69) is 10.3 Å². The first-order valence-electron chi connectivity index (χ1n) is 7.47. The molecule has 1 N–H and O–H groups in total. The third-order valence-electron chi connectivity index (χ3n) is 3.82. The van der Waals surface area contributed by atoms with Crippen molar-refractivity contribution in [1.29, 1.82) is 0 Å². The van der Waals surface area contributed by atoms with Gasteiger partial charge in [-0.15, -0.1) is 0 Å². The number of nitro benzene ring substituents is 1. The lowest BCUT2D eigenvalue weighted by Gasteiger charge is -2.12. The third-order valence-corrected chi connectivity index (χ3v) is 3.82.